The van der Waals surface area contributed by atoms with Gasteiger partial charge in [-0.05, 0) is 44.9 Å². The maximum atomic E-state index is 12.4. The van der Waals surface area contributed by atoms with Crippen molar-refractivity contribution < 1.29 is 14.6 Å². The van der Waals surface area contributed by atoms with E-state index in [-0.39, 0.29) is 18.6 Å². The number of nitrogens with zero attached hydrogens (tertiary/aromatic N) is 1. The highest BCUT2D eigenvalue weighted by Crippen LogP contribution is 2.27. The first-order chi connectivity index (χ1) is 8.33. The third-order valence-corrected chi connectivity index (χ3v) is 3.81. The molecule has 4 nitrogen and oxygen atoms in total. The molecule has 1 heterocycles. The van der Waals surface area contributed by atoms with Crippen molar-refractivity contribution in [2.75, 3.05) is 19.8 Å². The van der Waals surface area contributed by atoms with Crippen LogP contribution in [0.2, 0.25) is 0 Å². The number of aliphatic hydroxyl groups excluding tert-OH is 1. The topological polar surface area (TPSA) is 49.8 Å². The summed E-state index contributed by atoms with van der Waals surface area (Å²) in [5.74, 6) is 0.155. The summed E-state index contributed by atoms with van der Waals surface area (Å²) in [6.07, 6.45) is 6.94. The van der Waals surface area contributed by atoms with Crippen LogP contribution < -0.4 is 0 Å². The van der Waals surface area contributed by atoms with Crippen molar-refractivity contribution in [2.45, 2.75) is 57.1 Å². The summed E-state index contributed by atoms with van der Waals surface area (Å²) >= 11 is 0. The van der Waals surface area contributed by atoms with E-state index in [0.717, 1.165) is 38.7 Å². The van der Waals surface area contributed by atoms with Crippen LogP contribution in [0, 0.1) is 0 Å². The van der Waals surface area contributed by atoms with Crippen LogP contribution in [0.25, 0.3) is 0 Å². The first-order valence-electron chi connectivity index (χ1n) is 6.86. The third-order valence-electron chi connectivity index (χ3n) is 3.81. The van der Waals surface area contributed by atoms with E-state index in [4.69, 9.17) is 9.84 Å². The number of hydrogen-bond acceptors (Lipinski definition) is 3. The standard InChI is InChI=1S/C13H23NO3/c15-9-4-8-14(11-5-3-6-11)13(16)12-7-1-2-10-17-12/h11-12,15H,1-10H2. The van der Waals surface area contributed by atoms with Gasteiger partial charge < -0.3 is 14.7 Å². The molecule has 0 radical (unpaired) electrons. The fourth-order valence-corrected chi connectivity index (χ4v) is 2.53. The zero-order chi connectivity index (χ0) is 12.1. The maximum absolute atomic E-state index is 12.4. The average molecular weight is 241 g/mol. The number of rotatable bonds is 5. The van der Waals surface area contributed by atoms with Crippen LogP contribution in [0.5, 0.6) is 0 Å². The highest BCUT2D eigenvalue weighted by molar-refractivity contribution is 5.81. The predicted molar refractivity (Wildman–Crippen MR) is 64.6 cm³/mol. The molecule has 2 rings (SSSR count). The Morgan fingerprint density at radius 2 is 2.06 bits per heavy atom. The smallest absolute Gasteiger partial charge is 0.251 e. The van der Waals surface area contributed by atoms with Gasteiger partial charge in [0.2, 0.25) is 0 Å². The van der Waals surface area contributed by atoms with E-state index in [9.17, 15) is 4.79 Å². The van der Waals surface area contributed by atoms with Gasteiger partial charge in [0, 0.05) is 25.8 Å². The lowest BCUT2D eigenvalue weighted by atomic mass is 9.90. The second kappa shape index (κ2) is 6.36. The zero-order valence-corrected chi connectivity index (χ0v) is 10.4. The van der Waals surface area contributed by atoms with Crippen LogP contribution in [0.15, 0.2) is 0 Å². The molecule has 0 aromatic carbocycles. The van der Waals surface area contributed by atoms with Gasteiger partial charge in [0.1, 0.15) is 6.10 Å². The minimum Gasteiger partial charge on any atom is -0.396 e. The number of hydrogen-bond donors (Lipinski definition) is 1. The summed E-state index contributed by atoms with van der Waals surface area (Å²) < 4.78 is 5.57. The van der Waals surface area contributed by atoms with Crippen molar-refractivity contribution in [1.82, 2.24) is 4.90 Å². The molecule has 1 atom stereocenters. The summed E-state index contributed by atoms with van der Waals surface area (Å²) in [7, 11) is 0. The van der Waals surface area contributed by atoms with Crippen LogP contribution in [0.1, 0.15) is 44.9 Å². The molecule has 1 saturated carbocycles. The molecular weight excluding hydrogens is 218 g/mol. The molecular formula is C13H23NO3. The molecule has 2 aliphatic rings. The van der Waals surface area contributed by atoms with Gasteiger partial charge in [0.05, 0.1) is 0 Å². The molecule has 1 unspecified atom stereocenters. The van der Waals surface area contributed by atoms with Gasteiger partial charge in [-0.1, -0.05) is 0 Å². The molecule has 1 N–H and O–H groups in total. The summed E-state index contributed by atoms with van der Waals surface area (Å²) in [6.45, 7) is 1.55. The second-order valence-corrected chi connectivity index (χ2v) is 5.05. The predicted octanol–water partition coefficient (Wildman–Crippen LogP) is 1.32. The normalized spacial score (nSPS) is 25.4. The highest BCUT2D eigenvalue weighted by atomic mass is 16.5. The maximum Gasteiger partial charge on any atom is 0.251 e. The SMILES string of the molecule is O=C(C1CCCCO1)N(CCCO)C1CCC1. The van der Waals surface area contributed by atoms with Crippen molar-refractivity contribution in [2.24, 2.45) is 0 Å². The number of carbonyl (C=O) groups is 1. The molecule has 0 bridgehead atoms. The molecule has 98 valence electrons. The number of amides is 1. The molecule has 1 amide bonds. The first kappa shape index (κ1) is 12.8. The Labute approximate surface area is 103 Å². The monoisotopic (exact) mass is 241 g/mol. The fourth-order valence-electron chi connectivity index (χ4n) is 2.53. The van der Waals surface area contributed by atoms with Gasteiger partial charge in [-0.15, -0.1) is 0 Å². The van der Waals surface area contributed by atoms with Crippen molar-refractivity contribution in [3.63, 3.8) is 0 Å². The summed E-state index contributed by atoms with van der Waals surface area (Å²) in [4.78, 5) is 14.3. The van der Waals surface area contributed by atoms with Gasteiger partial charge >= 0.3 is 0 Å². The average Bonchev–Trinajstić information content (AvgIpc) is 2.32. The van der Waals surface area contributed by atoms with Gasteiger partial charge in [-0.3, -0.25) is 4.79 Å². The Kier molecular flexibility index (Phi) is 4.80. The summed E-state index contributed by atoms with van der Waals surface area (Å²) in [5.41, 5.74) is 0. The summed E-state index contributed by atoms with van der Waals surface area (Å²) in [6, 6.07) is 0.402. The Balaban J connectivity index is 1.90. The van der Waals surface area contributed by atoms with Crippen molar-refractivity contribution in [3.05, 3.63) is 0 Å². The number of aliphatic hydroxyl groups is 1. The van der Waals surface area contributed by atoms with Gasteiger partial charge in [0.15, 0.2) is 0 Å². The van der Waals surface area contributed by atoms with Crippen LogP contribution >= 0.6 is 0 Å². The summed E-state index contributed by atoms with van der Waals surface area (Å²) in [5, 5.41) is 8.91. The fraction of sp³-hybridized carbons (Fsp3) is 0.923. The van der Waals surface area contributed by atoms with Crippen LogP contribution in [0.3, 0.4) is 0 Å². The molecule has 1 aliphatic heterocycles. The molecule has 0 aromatic rings. The third kappa shape index (κ3) is 3.19. The first-order valence-corrected chi connectivity index (χ1v) is 6.86. The van der Waals surface area contributed by atoms with E-state index in [1.807, 2.05) is 4.90 Å². The van der Waals surface area contributed by atoms with E-state index in [1.54, 1.807) is 0 Å². The van der Waals surface area contributed by atoms with E-state index in [2.05, 4.69) is 0 Å². The molecule has 1 saturated heterocycles. The van der Waals surface area contributed by atoms with Gasteiger partial charge in [-0.25, -0.2) is 0 Å². The number of carbonyl (C=O) groups excluding carboxylic acids is 1. The highest BCUT2D eigenvalue weighted by Gasteiger charge is 2.33. The van der Waals surface area contributed by atoms with E-state index < -0.39 is 0 Å². The largest absolute Gasteiger partial charge is 0.396 e. The van der Waals surface area contributed by atoms with Crippen molar-refractivity contribution in [3.8, 4) is 0 Å². The molecule has 1 aliphatic carbocycles. The number of ether oxygens (including phenoxy) is 1. The molecule has 0 aromatic heterocycles. The van der Waals surface area contributed by atoms with Crippen LogP contribution in [0.4, 0.5) is 0 Å². The lowest BCUT2D eigenvalue weighted by molar-refractivity contribution is -0.150. The van der Waals surface area contributed by atoms with Crippen LogP contribution in [-0.4, -0.2) is 47.8 Å². The minimum absolute atomic E-state index is 0.155. The lowest BCUT2D eigenvalue weighted by Gasteiger charge is -2.40. The van der Waals surface area contributed by atoms with E-state index >= 15 is 0 Å². The van der Waals surface area contributed by atoms with Crippen LogP contribution in [-0.2, 0) is 9.53 Å². The van der Waals surface area contributed by atoms with Gasteiger partial charge in [0.25, 0.3) is 5.91 Å². The van der Waals surface area contributed by atoms with Crippen molar-refractivity contribution in [1.29, 1.82) is 0 Å². The van der Waals surface area contributed by atoms with Gasteiger partial charge in [-0.2, -0.15) is 0 Å². The van der Waals surface area contributed by atoms with E-state index in [0.29, 0.717) is 19.0 Å². The Morgan fingerprint density at radius 3 is 2.59 bits per heavy atom. The second-order valence-electron chi connectivity index (χ2n) is 5.05. The Hall–Kier alpha value is -0.610. The van der Waals surface area contributed by atoms with E-state index in [1.165, 1.54) is 6.42 Å². The lowest BCUT2D eigenvalue weighted by Crippen LogP contribution is -2.50. The Morgan fingerprint density at radius 1 is 1.24 bits per heavy atom. The zero-order valence-electron chi connectivity index (χ0n) is 10.4. The van der Waals surface area contributed by atoms with Crippen molar-refractivity contribution >= 4 is 5.91 Å². The molecule has 4 heteroatoms. The molecule has 2 fully saturated rings. The quantitative estimate of drug-likeness (QED) is 0.789. The molecule has 0 spiro atoms. The Bertz CT molecular complexity index is 247. The minimum atomic E-state index is -0.219. The molecule has 17 heavy (non-hydrogen) atoms.